The van der Waals surface area contributed by atoms with Gasteiger partial charge in [0.15, 0.2) is 11.5 Å². The molecule has 0 aromatic heterocycles. The maximum absolute atomic E-state index is 14.0. The van der Waals surface area contributed by atoms with Crippen LogP contribution in [0, 0.1) is 0 Å². The lowest BCUT2D eigenvalue weighted by Gasteiger charge is -2.32. The Morgan fingerprint density at radius 2 is 1.37 bits per heavy atom. The van der Waals surface area contributed by atoms with Gasteiger partial charge in [0.05, 0.1) is 20.6 Å². The lowest BCUT2D eigenvalue weighted by Crippen LogP contribution is -2.51. The molecular formula is C34H35ClN2O4. The van der Waals surface area contributed by atoms with Gasteiger partial charge in [0.1, 0.15) is 6.04 Å². The zero-order valence-corrected chi connectivity index (χ0v) is 24.1. The first-order valence-corrected chi connectivity index (χ1v) is 13.9. The molecule has 2 amide bonds. The molecule has 4 aromatic carbocycles. The number of halogens is 1. The second-order valence-corrected chi connectivity index (χ2v) is 10.2. The Morgan fingerprint density at radius 1 is 0.756 bits per heavy atom. The van der Waals surface area contributed by atoms with Crippen LogP contribution < -0.4 is 14.8 Å². The minimum absolute atomic E-state index is 0.0938. The van der Waals surface area contributed by atoms with E-state index in [1.807, 2.05) is 78.9 Å². The molecule has 0 spiro atoms. The molecule has 4 rings (SSSR count). The summed E-state index contributed by atoms with van der Waals surface area (Å²) in [7, 11) is 3.13. The Bertz CT molecular complexity index is 1410. The Labute approximate surface area is 246 Å². The quantitative estimate of drug-likeness (QED) is 0.217. The number of benzene rings is 4. The van der Waals surface area contributed by atoms with Gasteiger partial charge < -0.3 is 19.7 Å². The first-order chi connectivity index (χ1) is 20.0. The third kappa shape index (κ3) is 8.60. The summed E-state index contributed by atoms with van der Waals surface area (Å²) in [4.78, 5) is 29.5. The van der Waals surface area contributed by atoms with Crippen LogP contribution in [0.2, 0.25) is 5.02 Å². The third-order valence-corrected chi connectivity index (χ3v) is 7.15. The molecule has 1 atom stereocenters. The van der Waals surface area contributed by atoms with Gasteiger partial charge in [-0.2, -0.15) is 0 Å². The van der Waals surface area contributed by atoms with E-state index in [0.717, 1.165) is 22.3 Å². The van der Waals surface area contributed by atoms with E-state index in [2.05, 4.69) is 5.32 Å². The highest BCUT2D eigenvalue weighted by Crippen LogP contribution is 2.28. The van der Waals surface area contributed by atoms with Gasteiger partial charge in [-0.3, -0.25) is 9.59 Å². The van der Waals surface area contributed by atoms with Crippen LogP contribution in [0.3, 0.4) is 0 Å². The molecule has 0 heterocycles. The number of carbonyl (C=O) groups excluding carboxylic acids is 2. The van der Waals surface area contributed by atoms with E-state index in [4.69, 9.17) is 21.1 Å². The first kappa shape index (κ1) is 29.7. The number of nitrogens with one attached hydrogen (secondary N) is 1. The van der Waals surface area contributed by atoms with Crippen molar-refractivity contribution >= 4 is 23.4 Å². The van der Waals surface area contributed by atoms with Crippen LogP contribution in [0.15, 0.2) is 103 Å². The monoisotopic (exact) mass is 570 g/mol. The lowest BCUT2D eigenvalue weighted by atomic mass is 10.0. The normalized spacial score (nSPS) is 11.4. The van der Waals surface area contributed by atoms with Crippen molar-refractivity contribution in [3.8, 4) is 11.5 Å². The molecule has 41 heavy (non-hydrogen) atoms. The molecule has 7 heteroatoms. The fourth-order valence-electron chi connectivity index (χ4n) is 4.70. The van der Waals surface area contributed by atoms with E-state index in [1.165, 1.54) is 0 Å². The Balaban J connectivity index is 1.62. The van der Waals surface area contributed by atoms with Crippen molar-refractivity contribution < 1.29 is 19.1 Å². The highest BCUT2D eigenvalue weighted by molar-refractivity contribution is 6.30. The van der Waals surface area contributed by atoms with Crippen molar-refractivity contribution in [1.82, 2.24) is 10.2 Å². The summed E-state index contributed by atoms with van der Waals surface area (Å²) in [6.45, 7) is 0.722. The standard InChI is InChI=1S/C34H35ClN2O4/c1-40-31-18-15-28(22-32(31)41-2)23-33(38)37(24-27-13-16-29(35)17-14-27)30(21-26-11-7-4-8-12-26)34(39)36-20-19-25-9-5-3-6-10-25/h3-18,22,30H,19-21,23-24H2,1-2H3,(H,36,39)/t30-/m0/s1. The smallest absolute Gasteiger partial charge is 0.243 e. The molecule has 0 aliphatic rings. The van der Waals surface area contributed by atoms with E-state index in [9.17, 15) is 9.59 Å². The number of hydrogen-bond donors (Lipinski definition) is 1. The van der Waals surface area contributed by atoms with Crippen LogP contribution in [0.5, 0.6) is 11.5 Å². The van der Waals surface area contributed by atoms with Gasteiger partial charge in [0.2, 0.25) is 11.8 Å². The van der Waals surface area contributed by atoms with Gasteiger partial charge in [0, 0.05) is 24.5 Å². The van der Waals surface area contributed by atoms with Gasteiger partial charge in [-0.1, -0.05) is 90.5 Å². The SMILES string of the molecule is COc1ccc(CC(=O)N(Cc2ccc(Cl)cc2)[C@@H](Cc2ccccc2)C(=O)NCCc2ccccc2)cc1OC. The Morgan fingerprint density at radius 3 is 2.00 bits per heavy atom. The second-order valence-electron chi connectivity index (χ2n) is 9.75. The number of methoxy groups -OCH3 is 2. The number of carbonyl (C=O) groups is 2. The predicted octanol–water partition coefficient (Wildman–Crippen LogP) is 5.90. The Hall–Kier alpha value is -4.29. The maximum Gasteiger partial charge on any atom is 0.243 e. The summed E-state index contributed by atoms with van der Waals surface area (Å²) in [6, 6.07) is 31.8. The predicted molar refractivity (Wildman–Crippen MR) is 162 cm³/mol. The summed E-state index contributed by atoms with van der Waals surface area (Å²) in [5, 5.41) is 3.70. The average Bonchev–Trinajstić information content (AvgIpc) is 3.00. The second kappa shape index (κ2) is 14.9. The summed E-state index contributed by atoms with van der Waals surface area (Å²) >= 11 is 6.13. The largest absolute Gasteiger partial charge is 0.493 e. The van der Waals surface area contributed by atoms with Crippen LogP contribution >= 0.6 is 11.6 Å². The fourth-order valence-corrected chi connectivity index (χ4v) is 4.83. The van der Waals surface area contributed by atoms with Crippen LogP contribution in [0.25, 0.3) is 0 Å². The van der Waals surface area contributed by atoms with E-state index >= 15 is 0 Å². The van der Waals surface area contributed by atoms with E-state index in [1.54, 1.807) is 43.4 Å². The van der Waals surface area contributed by atoms with Crippen LogP contribution in [-0.4, -0.2) is 43.5 Å². The molecule has 1 N–H and O–H groups in total. The van der Waals surface area contributed by atoms with Crippen molar-refractivity contribution in [2.45, 2.75) is 31.8 Å². The van der Waals surface area contributed by atoms with E-state index < -0.39 is 6.04 Å². The zero-order chi connectivity index (χ0) is 29.0. The van der Waals surface area contributed by atoms with Crippen LogP contribution in [-0.2, 0) is 35.4 Å². The maximum atomic E-state index is 14.0. The summed E-state index contributed by atoms with van der Waals surface area (Å²) < 4.78 is 10.8. The van der Waals surface area contributed by atoms with Crippen molar-refractivity contribution in [2.75, 3.05) is 20.8 Å². The number of nitrogens with zero attached hydrogens (tertiary/aromatic N) is 1. The minimum atomic E-state index is -0.725. The first-order valence-electron chi connectivity index (χ1n) is 13.6. The number of amides is 2. The van der Waals surface area contributed by atoms with Crippen molar-refractivity contribution in [1.29, 1.82) is 0 Å². The van der Waals surface area contributed by atoms with E-state index in [-0.39, 0.29) is 24.8 Å². The number of hydrogen-bond acceptors (Lipinski definition) is 4. The van der Waals surface area contributed by atoms with Crippen molar-refractivity contribution in [2.24, 2.45) is 0 Å². The van der Waals surface area contributed by atoms with Crippen molar-refractivity contribution in [3.63, 3.8) is 0 Å². The van der Waals surface area contributed by atoms with Gasteiger partial charge >= 0.3 is 0 Å². The molecule has 212 valence electrons. The molecule has 0 fully saturated rings. The molecule has 0 radical (unpaired) electrons. The van der Waals surface area contributed by atoms with Gasteiger partial charge in [0.25, 0.3) is 0 Å². The molecule has 0 bridgehead atoms. The summed E-state index contributed by atoms with van der Waals surface area (Å²) in [5.41, 5.74) is 3.74. The Kier molecular flexibility index (Phi) is 10.8. The summed E-state index contributed by atoms with van der Waals surface area (Å²) in [5.74, 6) is 0.758. The number of rotatable bonds is 13. The number of ether oxygens (including phenoxy) is 2. The molecular weight excluding hydrogens is 536 g/mol. The van der Waals surface area contributed by atoms with Crippen molar-refractivity contribution in [3.05, 3.63) is 130 Å². The fraction of sp³-hybridized carbons (Fsp3) is 0.235. The lowest BCUT2D eigenvalue weighted by molar-refractivity contribution is -0.140. The third-order valence-electron chi connectivity index (χ3n) is 6.90. The van der Waals surface area contributed by atoms with E-state index in [0.29, 0.717) is 35.9 Å². The minimum Gasteiger partial charge on any atom is -0.493 e. The molecule has 0 saturated heterocycles. The molecule has 0 unspecified atom stereocenters. The van der Waals surface area contributed by atoms with Gasteiger partial charge in [-0.05, 0) is 52.9 Å². The molecule has 4 aromatic rings. The average molecular weight is 571 g/mol. The van der Waals surface area contributed by atoms with Gasteiger partial charge in [-0.15, -0.1) is 0 Å². The molecule has 0 aliphatic carbocycles. The van der Waals surface area contributed by atoms with Gasteiger partial charge in [-0.25, -0.2) is 0 Å². The highest BCUT2D eigenvalue weighted by atomic mass is 35.5. The topological polar surface area (TPSA) is 67.9 Å². The summed E-state index contributed by atoms with van der Waals surface area (Å²) in [6.07, 6.45) is 1.17. The zero-order valence-electron chi connectivity index (χ0n) is 23.4. The van der Waals surface area contributed by atoms with Crippen LogP contribution in [0.4, 0.5) is 0 Å². The van der Waals surface area contributed by atoms with Crippen LogP contribution in [0.1, 0.15) is 22.3 Å². The molecule has 0 aliphatic heterocycles. The molecule has 6 nitrogen and oxygen atoms in total. The molecule has 0 saturated carbocycles. The highest BCUT2D eigenvalue weighted by Gasteiger charge is 2.30.